The van der Waals surface area contributed by atoms with Gasteiger partial charge in [0, 0.05) is 10.6 Å². The first-order valence-corrected chi connectivity index (χ1v) is 10.1. The number of hydrogen-bond acceptors (Lipinski definition) is 5. The van der Waals surface area contributed by atoms with Crippen LogP contribution in [0.25, 0.3) is 0 Å². The van der Waals surface area contributed by atoms with Crippen LogP contribution in [0.1, 0.15) is 10.4 Å². The number of amides is 2. The van der Waals surface area contributed by atoms with Crippen molar-refractivity contribution >= 4 is 35.0 Å². The molecule has 3 aromatic carbocycles. The molecule has 3 aromatic rings. The normalized spacial score (nSPS) is 9.97. The highest BCUT2D eigenvalue weighted by Crippen LogP contribution is 2.26. The van der Waals surface area contributed by atoms with Gasteiger partial charge in [0.05, 0.1) is 23.1 Å². The molecule has 0 aromatic heterocycles. The first kappa shape index (κ1) is 21.0. The van der Waals surface area contributed by atoms with Gasteiger partial charge < -0.3 is 15.4 Å². The fourth-order valence-corrected chi connectivity index (χ4v) is 3.30. The summed E-state index contributed by atoms with van der Waals surface area (Å²) in [6.07, 6.45) is 0. The second-order valence-electron chi connectivity index (χ2n) is 6.10. The second kappa shape index (κ2) is 10.7. The molecule has 0 unspecified atom stereocenters. The maximum atomic E-state index is 12.6. The zero-order valence-corrected chi connectivity index (χ0v) is 16.8. The number of anilines is 2. The number of carbonyl (C=O) groups is 2. The lowest BCUT2D eigenvalue weighted by Gasteiger charge is -2.13. The molecule has 0 saturated heterocycles. The summed E-state index contributed by atoms with van der Waals surface area (Å²) in [6, 6.07) is 25.2. The lowest BCUT2D eigenvalue weighted by Crippen LogP contribution is -2.22. The summed E-state index contributed by atoms with van der Waals surface area (Å²) in [4.78, 5) is 25.8. The predicted octanol–water partition coefficient (Wildman–Crippen LogP) is 4.57. The molecular formula is C23H19N3O3S. The molecule has 2 amide bonds. The van der Waals surface area contributed by atoms with E-state index in [2.05, 4.69) is 16.7 Å². The quantitative estimate of drug-likeness (QED) is 0.524. The van der Waals surface area contributed by atoms with Gasteiger partial charge in [-0.3, -0.25) is 9.59 Å². The molecule has 3 rings (SSSR count). The number of hydrogen-bond donors (Lipinski definition) is 2. The Morgan fingerprint density at radius 3 is 2.40 bits per heavy atom. The highest BCUT2D eigenvalue weighted by molar-refractivity contribution is 7.99. The van der Waals surface area contributed by atoms with Crippen LogP contribution in [0.15, 0.2) is 83.8 Å². The molecule has 150 valence electrons. The van der Waals surface area contributed by atoms with Crippen LogP contribution in [0.4, 0.5) is 11.4 Å². The van der Waals surface area contributed by atoms with E-state index in [1.165, 1.54) is 11.8 Å². The van der Waals surface area contributed by atoms with Crippen molar-refractivity contribution in [2.45, 2.75) is 4.90 Å². The maximum absolute atomic E-state index is 12.6. The molecule has 6 nitrogen and oxygen atoms in total. The molecule has 0 spiro atoms. The van der Waals surface area contributed by atoms with Crippen molar-refractivity contribution in [2.24, 2.45) is 0 Å². The fourth-order valence-electron chi connectivity index (χ4n) is 2.64. The summed E-state index contributed by atoms with van der Waals surface area (Å²) in [5.41, 5.74) is 1.61. The van der Waals surface area contributed by atoms with Crippen molar-refractivity contribution < 1.29 is 14.3 Å². The molecule has 0 fully saturated rings. The molecule has 0 bridgehead atoms. The molecule has 0 saturated carbocycles. The second-order valence-corrected chi connectivity index (χ2v) is 7.11. The van der Waals surface area contributed by atoms with Crippen molar-refractivity contribution in [1.82, 2.24) is 0 Å². The number of ether oxygens (including phenoxy) is 1. The monoisotopic (exact) mass is 417 g/mol. The third-order valence-electron chi connectivity index (χ3n) is 3.98. The summed E-state index contributed by atoms with van der Waals surface area (Å²) < 4.78 is 5.62. The van der Waals surface area contributed by atoms with Crippen LogP contribution >= 0.6 is 11.8 Å². The molecule has 0 heterocycles. The Morgan fingerprint density at radius 2 is 1.60 bits per heavy atom. The van der Waals surface area contributed by atoms with E-state index >= 15 is 0 Å². The van der Waals surface area contributed by atoms with Crippen molar-refractivity contribution in [2.75, 3.05) is 23.0 Å². The van der Waals surface area contributed by atoms with Gasteiger partial charge in [-0.15, -0.1) is 11.8 Å². The molecule has 0 aliphatic heterocycles. The summed E-state index contributed by atoms with van der Waals surface area (Å²) in [5.74, 6) is -0.0882. The molecule has 7 heteroatoms. The van der Waals surface area contributed by atoms with Crippen LogP contribution in [0.3, 0.4) is 0 Å². The van der Waals surface area contributed by atoms with E-state index in [0.717, 1.165) is 4.90 Å². The first-order valence-electron chi connectivity index (χ1n) is 9.14. The highest BCUT2D eigenvalue weighted by atomic mass is 32.2. The Bertz CT molecular complexity index is 1060. The van der Waals surface area contributed by atoms with Crippen molar-refractivity contribution in [3.05, 3.63) is 84.4 Å². The summed E-state index contributed by atoms with van der Waals surface area (Å²) >= 11 is 1.34. The first-order chi connectivity index (χ1) is 14.7. The minimum Gasteiger partial charge on any atom is -0.483 e. The number of nitrogens with one attached hydrogen (secondary N) is 2. The van der Waals surface area contributed by atoms with E-state index < -0.39 is 0 Å². The predicted molar refractivity (Wildman–Crippen MR) is 118 cm³/mol. The van der Waals surface area contributed by atoms with Gasteiger partial charge in [-0.2, -0.15) is 5.26 Å². The fraction of sp³-hybridized carbons (Fsp3) is 0.0870. The maximum Gasteiger partial charge on any atom is 0.262 e. The van der Waals surface area contributed by atoms with Crippen LogP contribution in [-0.4, -0.2) is 24.2 Å². The summed E-state index contributed by atoms with van der Waals surface area (Å²) in [7, 11) is 0. The van der Waals surface area contributed by atoms with E-state index in [1.54, 1.807) is 48.5 Å². The Labute approximate surface area is 178 Å². The molecule has 0 radical (unpaired) electrons. The number of nitrogens with zero attached hydrogens (tertiary/aromatic N) is 1. The van der Waals surface area contributed by atoms with Gasteiger partial charge in [0.25, 0.3) is 11.8 Å². The Balaban J connectivity index is 1.63. The number of thioether (sulfide) groups is 1. The smallest absolute Gasteiger partial charge is 0.262 e. The van der Waals surface area contributed by atoms with E-state index in [9.17, 15) is 9.59 Å². The molecule has 2 N–H and O–H groups in total. The van der Waals surface area contributed by atoms with Gasteiger partial charge >= 0.3 is 0 Å². The molecule has 30 heavy (non-hydrogen) atoms. The third-order valence-corrected chi connectivity index (χ3v) is 4.92. The van der Waals surface area contributed by atoms with Crippen LogP contribution < -0.4 is 15.4 Å². The zero-order valence-electron chi connectivity index (χ0n) is 16.0. The van der Waals surface area contributed by atoms with E-state index in [-0.39, 0.29) is 24.2 Å². The van der Waals surface area contributed by atoms with Crippen LogP contribution in [-0.2, 0) is 4.79 Å². The number of nitriles is 1. The average Bonchev–Trinajstić information content (AvgIpc) is 2.78. The lowest BCUT2D eigenvalue weighted by molar-refractivity contribution is -0.118. The van der Waals surface area contributed by atoms with Crippen LogP contribution in [0.5, 0.6) is 5.75 Å². The summed E-state index contributed by atoms with van der Waals surface area (Å²) in [6.45, 7) is -0.257. The molecule has 0 atom stereocenters. The van der Waals surface area contributed by atoms with Gasteiger partial charge in [0.1, 0.15) is 5.75 Å². The average molecular weight is 417 g/mol. The van der Waals surface area contributed by atoms with E-state index in [1.807, 2.05) is 30.3 Å². The Hall–Kier alpha value is -3.76. The SMILES string of the molecule is N#CCSc1ccccc1NC(=O)COc1ccccc1C(=O)Nc1ccccc1. The third kappa shape index (κ3) is 5.87. The van der Waals surface area contributed by atoms with Gasteiger partial charge in [-0.05, 0) is 36.4 Å². The lowest BCUT2D eigenvalue weighted by atomic mass is 10.2. The van der Waals surface area contributed by atoms with Crippen molar-refractivity contribution in [3.63, 3.8) is 0 Å². The van der Waals surface area contributed by atoms with Gasteiger partial charge in [0.15, 0.2) is 6.61 Å². The van der Waals surface area contributed by atoms with Gasteiger partial charge in [-0.25, -0.2) is 0 Å². The molecule has 0 aliphatic carbocycles. The number of rotatable bonds is 8. The van der Waals surface area contributed by atoms with Gasteiger partial charge in [-0.1, -0.05) is 42.5 Å². The standard InChI is InChI=1S/C23H19N3O3S/c24-14-15-30-21-13-7-5-11-19(21)26-22(27)16-29-20-12-6-4-10-18(20)23(28)25-17-8-2-1-3-9-17/h1-13H,15-16H2,(H,25,28)(H,26,27). The van der Waals surface area contributed by atoms with Crippen LogP contribution in [0, 0.1) is 11.3 Å². The van der Waals surface area contributed by atoms with Crippen molar-refractivity contribution in [3.8, 4) is 11.8 Å². The Morgan fingerprint density at radius 1 is 0.900 bits per heavy atom. The van der Waals surface area contributed by atoms with Crippen LogP contribution in [0.2, 0.25) is 0 Å². The number of carbonyl (C=O) groups excluding carboxylic acids is 2. The zero-order chi connectivity index (χ0) is 21.2. The number of benzene rings is 3. The van der Waals surface area contributed by atoms with E-state index in [4.69, 9.17) is 10.00 Å². The van der Waals surface area contributed by atoms with Gasteiger partial charge in [0.2, 0.25) is 0 Å². The largest absolute Gasteiger partial charge is 0.483 e. The topological polar surface area (TPSA) is 91.2 Å². The highest BCUT2D eigenvalue weighted by Gasteiger charge is 2.14. The minimum absolute atomic E-state index is 0.257. The molecular weight excluding hydrogens is 398 g/mol. The number of para-hydroxylation sites is 3. The molecule has 0 aliphatic rings. The minimum atomic E-state index is -0.363. The van der Waals surface area contributed by atoms with Crippen molar-refractivity contribution in [1.29, 1.82) is 5.26 Å². The summed E-state index contributed by atoms with van der Waals surface area (Å²) in [5, 5.41) is 14.4. The Kier molecular flexibility index (Phi) is 7.47. The van der Waals surface area contributed by atoms with E-state index in [0.29, 0.717) is 22.7 Å².